The second kappa shape index (κ2) is 8.80. The van der Waals surface area contributed by atoms with Crippen LogP contribution in [-0.4, -0.2) is 11.8 Å². The lowest BCUT2D eigenvalue weighted by molar-refractivity contribution is -0.113. The number of hydrogen-bond donors (Lipinski definition) is 2. The molecule has 4 aromatic rings. The molecule has 148 valence electrons. The van der Waals surface area contributed by atoms with E-state index in [2.05, 4.69) is 26.6 Å². The van der Waals surface area contributed by atoms with E-state index in [4.69, 9.17) is 4.42 Å². The van der Waals surface area contributed by atoms with Gasteiger partial charge in [0.2, 0.25) is 0 Å². The number of rotatable bonds is 5. The third kappa shape index (κ3) is 4.50. The highest BCUT2D eigenvalue weighted by molar-refractivity contribution is 9.10. The minimum atomic E-state index is -0.503. The minimum absolute atomic E-state index is 0.103. The van der Waals surface area contributed by atoms with E-state index >= 15 is 0 Å². The van der Waals surface area contributed by atoms with Crippen LogP contribution in [-0.2, 0) is 4.79 Å². The number of anilines is 1. The molecule has 2 amide bonds. The molecule has 5 nitrogen and oxygen atoms in total. The third-order valence-corrected chi connectivity index (χ3v) is 4.99. The highest BCUT2D eigenvalue weighted by atomic mass is 79.9. The van der Waals surface area contributed by atoms with Gasteiger partial charge in [0, 0.05) is 15.5 Å². The molecule has 4 rings (SSSR count). The van der Waals surface area contributed by atoms with Gasteiger partial charge in [0.1, 0.15) is 5.70 Å². The fourth-order valence-electron chi connectivity index (χ4n) is 3.00. The second-order valence-electron chi connectivity index (χ2n) is 6.52. The summed E-state index contributed by atoms with van der Waals surface area (Å²) in [5.74, 6) is -0.819. The molecule has 0 spiro atoms. The topological polar surface area (TPSA) is 71.3 Å². The fourth-order valence-corrected chi connectivity index (χ4v) is 3.26. The maximum Gasteiger partial charge on any atom is 0.291 e. The number of hydrogen-bond acceptors (Lipinski definition) is 3. The molecule has 0 aliphatic carbocycles. The van der Waals surface area contributed by atoms with E-state index in [-0.39, 0.29) is 11.5 Å². The maximum absolute atomic E-state index is 13.1. The third-order valence-electron chi connectivity index (χ3n) is 4.46. The van der Waals surface area contributed by atoms with Gasteiger partial charge in [-0.3, -0.25) is 9.59 Å². The Morgan fingerprint density at radius 3 is 2.40 bits per heavy atom. The molecule has 3 aromatic carbocycles. The second-order valence-corrected chi connectivity index (χ2v) is 7.44. The predicted molar refractivity (Wildman–Crippen MR) is 121 cm³/mol. The molecule has 0 bridgehead atoms. The number of furan rings is 1. The molecule has 0 fully saturated rings. The number of nitrogens with one attached hydrogen (secondary N) is 2. The van der Waals surface area contributed by atoms with Gasteiger partial charge in [0.15, 0.2) is 5.76 Å². The summed E-state index contributed by atoms with van der Waals surface area (Å²) in [4.78, 5) is 25.6. The number of amides is 2. The molecule has 30 heavy (non-hydrogen) atoms. The smallest absolute Gasteiger partial charge is 0.291 e. The molecule has 6 heteroatoms. The van der Waals surface area contributed by atoms with Crippen LogP contribution in [0.3, 0.4) is 0 Å². The van der Waals surface area contributed by atoms with Gasteiger partial charge in [-0.15, -0.1) is 0 Å². The highest BCUT2D eigenvalue weighted by Crippen LogP contribution is 2.23. The highest BCUT2D eigenvalue weighted by Gasteiger charge is 2.17. The zero-order valence-corrected chi connectivity index (χ0v) is 17.3. The first-order valence-electron chi connectivity index (χ1n) is 9.21. The Bertz CT molecular complexity index is 1220. The van der Waals surface area contributed by atoms with E-state index in [9.17, 15) is 9.59 Å². The van der Waals surface area contributed by atoms with Gasteiger partial charge >= 0.3 is 0 Å². The molecular weight excluding hydrogens is 444 g/mol. The first-order valence-corrected chi connectivity index (χ1v) is 10.0. The Morgan fingerprint density at radius 1 is 0.867 bits per heavy atom. The van der Waals surface area contributed by atoms with Crippen LogP contribution >= 0.6 is 15.9 Å². The van der Waals surface area contributed by atoms with Crippen LogP contribution in [0.1, 0.15) is 16.1 Å². The summed E-state index contributed by atoms with van der Waals surface area (Å²) in [7, 11) is 0. The summed E-state index contributed by atoms with van der Waals surface area (Å²) in [5.41, 5.74) is 1.53. The lowest BCUT2D eigenvalue weighted by Crippen LogP contribution is -2.30. The Kier molecular flexibility index (Phi) is 5.77. The standard InChI is InChI=1S/C24H17BrN2O3/c25-18-12-10-16(11-13-18)15-21(27-24(29)22-9-4-14-30-22)23(28)26-20-8-3-6-17-5-1-2-7-19(17)20/h1-15H,(H,26,28)(H,27,29)/b21-15+. The SMILES string of the molecule is O=C(Nc1cccc2ccccc12)/C(=C\c1ccc(Br)cc1)NC(=O)c1ccco1. The molecule has 1 heterocycles. The van der Waals surface area contributed by atoms with Gasteiger partial charge in [-0.25, -0.2) is 0 Å². The molecule has 2 N–H and O–H groups in total. The van der Waals surface area contributed by atoms with E-state index in [0.29, 0.717) is 5.69 Å². The van der Waals surface area contributed by atoms with E-state index < -0.39 is 11.8 Å². The van der Waals surface area contributed by atoms with Crippen molar-refractivity contribution in [2.45, 2.75) is 0 Å². The summed E-state index contributed by atoms with van der Waals surface area (Å²) < 4.78 is 6.06. The summed E-state index contributed by atoms with van der Waals surface area (Å²) >= 11 is 3.39. The molecule has 0 saturated carbocycles. The lowest BCUT2D eigenvalue weighted by atomic mass is 10.1. The van der Waals surface area contributed by atoms with Gasteiger partial charge < -0.3 is 15.1 Å². The maximum atomic E-state index is 13.1. The first-order chi connectivity index (χ1) is 14.6. The zero-order valence-electron chi connectivity index (χ0n) is 15.8. The number of halogens is 1. The fraction of sp³-hybridized carbons (Fsp3) is 0. The Labute approximate surface area is 181 Å². The molecule has 0 radical (unpaired) electrons. The van der Waals surface area contributed by atoms with Crippen LogP contribution < -0.4 is 10.6 Å². The van der Waals surface area contributed by atoms with Crippen LogP contribution in [0, 0.1) is 0 Å². The van der Waals surface area contributed by atoms with E-state index in [1.54, 1.807) is 12.1 Å². The molecule has 0 unspecified atom stereocenters. The van der Waals surface area contributed by atoms with Crippen LogP contribution in [0.2, 0.25) is 0 Å². The zero-order chi connectivity index (χ0) is 20.9. The number of benzene rings is 3. The van der Waals surface area contributed by atoms with Crippen LogP contribution in [0.5, 0.6) is 0 Å². The van der Waals surface area contributed by atoms with Crippen LogP contribution in [0.4, 0.5) is 5.69 Å². The number of fused-ring (bicyclic) bond motifs is 1. The van der Waals surface area contributed by atoms with Crippen molar-refractivity contribution < 1.29 is 14.0 Å². The largest absolute Gasteiger partial charge is 0.459 e. The molecular formula is C24H17BrN2O3. The summed E-state index contributed by atoms with van der Waals surface area (Å²) in [6.07, 6.45) is 3.02. The van der Waals surface area contributed by atoms with E-state index in [1.807, 2.05) is 66.7 Å². The van der Waals surface area contributed by atoms with Crippen molar-refractivity contribution in [3.63, 3.8) is 0 Å². The van der Waals surface area contributed by atoms with Gasteiger partial charge in [-0.1, -0.05) is 64.5 Å². The molecule has 0 aliphatic rings. The predicted octanol–water partition coefficient (Wildman–Crippen LogP) is 5.60. The van der Waals surface area contributed by atoms with Gasteiger partial charge in [0.05, 0.1) is 6.26 Å². The Balaban J connectivity index is 1.66. The molecule has 1 aromatic heterocycles. The average Bonchev–Trinajstić information content (AvgIpc) is 3.30. The molecule has 0 atom stereocenters. The average molecular weight is 461 g/mol. The van der Waals surface area contributed by atoms with Crippen molar-refractivity contribution in [2.75, 3.05) is 5.32 Å². The van der Waals surface area contributed by atoms with Crippen molar-refractivity contribution in [3.05, 3.63) is 107 Å². The summed E-state index contributed by atoms with van der Waals surface area (Å²) in [5, 5.41) is 7.48. The Morgan fingerprint density at radius 2 is 1.63 bits per heavy atom. The van der Waals surface area contributed by atoms with Crippen molar-refractivity contribution >= 4 is 50.3 Å². The van der Waals surface area contributed by atoms with Crippen molar-refractivity contribution in [2.24, 2.45) is 0 Å². The minimum Gasteiger partial charge on any atom is -0.459 e. The van der Waals surface area contributed by atoms with Crippen molar-refractivity contribution in [1.82, 2.24) is 5.32 Å². The van der Waals surface area contributed by atoms with Gasteiger partial charge in [-0.05, 0) is 47.4 Å². The van der Waals surface area contributed by atoms with Gasteiger partial charge in [0.25, 0.3) is 11.8 Å². The normalized spacial score (nSPS) is 11.3. The molecule has 0 aliphatic heterocycles. The van der Waals surface area contributed by atoms with Crippen molar-refractivity contribution in [3.8, 4) is 0 Å². The van der Waals surface area contributed by atoms with E-state index in [1.165, 1.54) is 12.3 Å². The Hall–Kier alpha value is -3.64. The lowest BCUT2D eigenvalue weighted by Gasteiger charge is -2.12. The number of carbonyl (C=O) groups is 2. The van der Waals surface area contributed by atoms with Crippen LogP contribution in [0.25, 0.3) is 16.8 Å². The summed E-state index contributed by atoms with van der Waals surface area (Å²) in [6.45, 7) is 0. The quantitative estimate of drug-likeness (QED) is 0.380. The van der Waals surface area contributed by atoms with Crippen molar-refractivity contribution in [1.29, 1.82) is 0 Å². The molecule has 0 saturated heterocycles. The monoisotopic (exact) mass is 460 g/mol. The van der Waals surface area contributed by atoms with E-state index in [0.717, 1.165) is 20.8 Å². The van der Waals surface area contributed by atoms with Gasteiger partial charge in [-0.2, -0.15) is 0 Å². The first kappa shape index (κ1) is 19.7. The summed E-state index contributed by atoms with van der Waals surface area (Å²) in [6, 6.07) is 24.0. The number of carbonyl (C=O) groups excluding carboxylic acids is 2. The van der Waals surface area contributed by atoms with Crippen LogP contribution in [0.15, 0.2) is 99.7 Å².